The molecule has 0 aromatic rings. The van der Waals surface area contributed by atoms with E-state index in [2.05, 4.69) is 17.9 Å². The molecule has 1 atom stereocenters. The van der Waals surface area contributed by atoms with Gasteiger partial charge in [-0.3, -0.25) is 0 Å². The summed E-state index contributed by atoms with van der Waals surface area (Å²) in [4.78, 5) is 11.2. The number of thiol groups is 1. The molecule has 0 aromatic carbocycles. The van der Waals surface area contributed by atoms with Crippen molar-refractivity contribution >= 4 is 18.7 Å². The van der Waals surface area contributed by atoms with Crippen LogP contribution in [0.4, 0.5) is 4.79 Å². The quantitative estimate of drug-likeness (QED) is 0.715. The van der Waals surface area contributed by atoms with Crippen molar-refractivity contribution in [3.05, 3.63) is 0 Å². The molecule has 0 fully saturated rings. The van der Waals surface area contributed by atoms with Gasteiger partial charge in [-0.15, -0.1) is 0 Å². The fraction of sp³-hybridized carbons (Fsp3) is 0.900. The third-order valence-electron chi connectivity index (χ3n) is 1.40. The average molecular weight is 235 g/mol. The molecule has 1 N–H and O–H groups in total. The van der Waals surface area contributed by atoms with Gasteiger partial charge in [-0.1, -0.05) is 0 Å². The van der Waals surface area contributed by atoms with Crippen molar-refractivity contribution in [2.24, 2.45) is 0 Å². The average Bonchev–Trinajstić information content (AvgIpc) is 2.08. The molecule has 0 spiro atoms. The smallest absolute Gasteiger partial charge is 0.407 e. The molecule has 1 amide bonds. The molecule has 1 unspecified atom stereocenters. The molecule has 0 saturated heterocycles. The van der Waals surface area contributed by atoms with E-state index in [1.807, 2.05) is 27.7 Å². The molecule has 4 nitrogen and oxygen atoms in total. The maximum absolute atomic E-state index is 11.2. The largest absolute Gasteiger partial charge is 0.444 e. The van der Waals surface area contributed by atoms with Gasteiger partial charge in [0.2, 0.25) is 0 Å². The molecular formula is C10H21NO3S. The SMILES string of the molecule is CCOCC(S)CNC(=O)OC(C)(C)C. The predicted octanol–water partition coefficient (Wildman–Crippen LogP) is 1.85. The Labute approximate surface area is 97.1 Å². The van der Waals surface area contributed by atoms with Gasteiger partial charge in [-0.25, -0.2) is 4.79 Å². The summed E-state index contributed by atoms with van der Waals surface area (Å²) in [6.45, 7) is 9.01. The van der Waals surface area contributed by atoms with Gasteiger partial charge in [0.1, 0.15) is 5.60 Å². The number of alkyl carbamates (subject to hydrolysis) is 1. The zero-order valence-electron chi connectivity index (χ0n) is 9.87. The third-order valence-corrected chi connectivity index (χ3v) is 1.73. The van der Waals surface area contributed by atoms with Gasteiger partial charge in [0.15, 0.2) is 0 Å². The fourth-order valence-corrected chi connectivity index (χ4v) is 1.02. The van der Waals surface area contributed by atoms with Crippen molar-refractivity contribution in [2.45, 2.75) is 38.5 Å². The summed E-state index contributed by atoms with van der Waals surface area (Å²) in [6, 6.07) is 0. The van der Waals surface area contributed by atoms with Gasteiger partial charge < -0.3 is 14.8 Å². The Hall–Kier alpha value is -0.420. The molecular weight excluding hydrogens is 214 g/mol. The molecule has 0 aliphatic rings. The van der Waals surface area contributed by atoms with Crippen LogP contribution in [0.15, 0.2) is 0 Å². The van der Waals surface area contributed by atoms with E-state index in [1.165, 1.54) is 0 Å². The van der Waals surface area contributed by atoms with E-state index in [0.717, 1.165) is 0 Å². The van der Waals surface area contributed by atoms with Crippen molar-refractivity contribution in [1.29, 1.82) is 0 Å². The van der Waals surface area contributed by atoms with Crippen molar-refractivity contribution < 1.29 is 14.3 Å². The highest BCUT2D eigenvalue weighted by atomic mass is 32.1. The summed E-state index contributed by atoms with van der Waals surface area (Å²) in [5.74, 6) is 0. The van der Waals surface area contributed by atoms with Crippen LogP contribution in [0, 0.1) is 0 Å². The molecule has 0 aliphatic heterocycles. The molecule has 0 saturated carbocycles. The lowest BCUT2D eigenvalue weighted by molar-refractivity contribution is 0.0522. The van der Waals surface area contributed by atoms with Crippen molar-refractivity contribution in [2.75, 3.05) is 19.8 Å². The first-order valence-electron chi connectivity index (χ1n) is 5.08. The Bertz CT molecular complexity index is 192. The summed E-state index contributed by atoms with van der Waals surface area (Å²) in [6.07, 6.45) is -0.418. The second-order valence-electron chi connectivity index (χ2n) is 4.20. The lowest BCUT2D eigenvalue weighted by Gasteiger charge is -2.20. The lowest BCUT2D eigenvalue weighted by atomic mass is 10.2. The highest BCUT2D eigenvalue weighted by Gasteiger charge is 2.16. The van der Waals surface area contributed by atoms with Crippen LogP contribution in [-0.2, 0) is 9.47 Å². The molecule has 0 rings (SSSR count). The Morgan fingerprint density at radius 2 is 2.07 bits per heavy atom. The standard InChI is InChI=1S/C10H21NO3S/c1-5-13-7-8(15)6-11-9(12)14-10(2,3)4/h8,15H,5-7H2,1-4H3,(H,11,12). The third kappa shape index (κ3) is 9.87. The van der Waals surface area contributed by atoms with Crippen molar-refractivity contribution in [1.82, 2.24) is 5.32 Å². The van der Waals surface area contributed by atoms with E-state index in [4.69, 9.17) is 9.47 Å². The Morgan fingerprint density at radius 3 is 2.53 bits per heavy atom. The first-order chi connectivity index (χ1) is 6.85. The van der Waals surface area contributed by atoms with Crippen LogP contribution >= 0.6 is 12.6 Å². The normalized spacial score (nSPS) is 13.4. The monoisotopic (exact) mass is 235 g/mol. The number of carbonyl (C=O) groups excluding carboxylic acids is 1. The van der Waals surface area contributed by atoms with E-state index in [0.29, 0.717) is 19.8 Å². The minimum atomic E-state index is -0.462. The summed E-state index contributed by atoms with van der Waals surface area (Å²) in [5, 5.41) is 2.63. The minimum Gasteiger partial charge on any atom is -0.444 e. The molecule has 0 radical (unpaired) electrons. The van der Waals surface area contributed by atoms with Crippen LogP contribution in [0.3, 0.4) is 0 Å². The number of nitrogens with one attached hydrogen (secondary N) is 1. The summed E-state index contributed by atoms with van der Waals surface area (Å²) in [7, 11) is 0. The van der Waals surface area contributed by atoms with Gasteiger partial charge in [0.25, 0.3) is 0 Å². The van der Waals surface area contributed by atoms with Crippen LogP contribution in [-0.4, -0.2) is 36.7 Å². The summed E-state index contributed by atoms with van der Waals surface area (Å²) in [5.41, 5.74) is -0.462. The van der Waals surface area contributed by atoms with E-state index >= 15 is 0 Å². The summed E-state index contributed by atoms with van der Waals surface area (Å²) < 4.78 is 10.2. The van der Waals surface area contributed by atoms with Crippen LogP contribution in [0.25, 0.3) is 0 Å². The Balaban J connectivity index is 3.62. The Morgan fingerprint density at radius 1 is 1.47 bits per heavy atom. The van der Waals surface area contributed by atoms with E-state index in [9.17, 15) is 4.79 Å². The second-order valence-corrected chi connectivity index (χ2v) is 4.93. The van der Waals surface area contributed by atoms with E-state index in [1.54, 1.807) is 0 Å². The van der Waals surface area contributed by atoms with Crippen LogP contribution in [0.1, 0.15) is 27.7 Å². The minimum absolute atomic E-state index is 0.00234. The highest BCUT2D eigenvalue weighted by molar-refractivity contribution is 7.81. The van der Waals surface area contributed by atoms with Gasteiger partial charge >= 0.3 is 6.09 Å². The first kappa shape index (κ1) is 14.6. The molecule has 5 heteroatoms. The molecule has 0 aromatic heterocycles. The maximum atomic E-state index is 11.2. The van der Waals surface area contributed by atoms with Gasteiger partial charge in [0, 0.05) is 18.4 Å². The van der Waals surface area contributed by atoms with Crippen LogP contribution in [0.2, 0.25) is 0 Å². The number of rotatable bonds is 5. The lowest BCUT2D eigenvalue weighted by Crippen LogP contribution is -2.36. The maximum Gasteiger partial charge on any atom is 0.407 e. The summed E-state index contributed by atoms with van der Waals surface area (Å²) >= 11 is 4.25. The predicted molar refractivity (Wildman–Crippen MR) is 63.5 cm³/mol. The number of carbonyl (C=O) groups is 1. The zero-order chi connectivity index (χ0) is 11.9. The van der Waals surface area contributed by atoms with Crippen molar-refractivity contribution in [3.8, 4) is 0 Å². The van der Waals surface area contributed by atoms with Gasteiger partial charge in [-0.05, 0) is 27.7 Å². The van der Waals surface area contributed by atoms with Crippen LogP contribution in [0.5, 0.6) is 0 Å². The number of ether oxygens (including phenoxy) is 2. The molecule has 0 bridgehead atoms. The molecule has 15 heavy (non-hydrogen) atoms. The van der Waals surface area contributed by atoms with Gasteiger partial charge in [0.05, 0.1) is 6.61 Å². The number of hydrogen-bond donors (Lipinski definition) is 2. The highest BCUT2D eigenvalue weighted by Crippen LogP contribution is 2.06. The number of hydrogen-bond acceptors (Lipinski definition) is 4. The molecule has 90 valence electrons. The molecule has 0 aliphatic carbocycles. The zero-order valence-corrected chi connectivity index (χ0v) is 10.8. The van der Waals surface area contributed by atoms with Gasteiger partial charge in [-0.2, -0.15) is 12.6 Å². The van der Waals surface area contributed by atoms with E-state index < -0.39 is 11.7 Å². The Kier molecular flexibility index (Phi) is 6.76. The fourth-order valence-electron chi connectivity index (χ4n) is 0.828. The molecule has 0 heterocycles. The van der Waals surface area contributed by atoms with E-state index in [-0.39, 0.29) is 5.25 Å². The second kappa shape index (κ2) is 6.95. The topological polar surface area (TPSA) is 47.6 Å². The number of amides is 1. The van der Waals surface area contributed by atoms with Crippen molar-refractivity contribution in [3.63, 3.8) is 0 Å². The first-order valence-corrected chi connectivity index (χ1v) is 5.59. The van der Waals surface area contributed by atoms with Crippen LogP contribution < -0.4 is 5.32 Å².